The molecule has 0 aliphatic carbocycles. The second kappa shape index (κ2) is 12.0. The zero-order valence-electron chi connectivity index (χ0n) is 21.7. The average Bonchev–Trinajstić information content (AvgIpc) is 2.89. The highest BCUT2D eigenvalue weighted by Crippen LogP contribution is 2.35. The number of halogens is 2. The van der Waals surface area contributed by atoms with Gasteiger partial charge in [-0.05, 0) is 56.7 Å². The van der Waals surface area contributed by atoms with Crippen molar-refractivity contribution in [3.8, 4) is 0 Å². The molecule has 10 heteroatoms. The summed E-state index contributed by atoms with van der Waals surface area (Å²) in [5.74, 6) is -1.06. The third kappa shape index (κ3) is 5.68. The van der Waals surface area contributed by atoms with Gasteiger partial charge in [0.25, 0.3) is 5.91 Å². The number of nitrogens with zero attached hydrogens (tertiary/aromatic N) is 3. The summed E-state index contributed by atoms with van der Waals surface area (Å²) < 4.78 is 18.7. The van der Waals surface area contributed by atoms with Gasteiger partial charge in [-0.25, -0.2) is 14.0 Å². The summed E-state index contributed by atoms with van der Waals surface area (Å²) in [6.45, 7) is 7.91. The highest BCUT2D eigenvalue weighted by atomic mass is 35.5. The lowest BCUT2D eigenvalue weighted by Crippen LogP contribution is -2.56. The smallest absolute Gasteiger partial charge is 0.338 e. The summed E-state index contributed by atoms with van der Waals surface area (Å²) in [4.78, 5) is 45.0. The summed E-state index contributed by atoms with van der Waals surface area (Å²) >= 11 is 6.48. The minimum absolute atomic E-state index is 0.139. The van der Waals surface area contributed by atoms with Crippen LogP contribution in [-0.4, -0.2) is 78.0 Å². The molecule has 8 nitrogen and oxygen atoms in total. The largest absolute Gasteiger partial charge is 0.463 e. The summed E-state index contributed by atoms with van der Waals surface area (Å²) in [6.07, 6.45) is 0. The van der Waals surface area contributed by atoms with Crippen molar-refractivity contribution >= 4 is 29.5 Å². The third-order valence-electron chi connectivity index (χ3n) is 6.90. The van der Waals surface area contributed by atoms with Crippen molar-refractivity contribution in [3.63, 3.8) is 0 Å². The summed E-state index contributed by atoms with van der Waals surface area (Å²) in [7, 11) is 0. The van der Waals surface area contributed by atoms with Crippen LogP contribution >= 0.6 is 11.6 Å². The number of benzene rings is 2. The second-order valence-corrected chi connectivity index (χ2v) is 9.73. The number of urea groups is 1. The van der Waals surface area contributed by atoms with Gasteiger partial charge in [0.1, 0.15) is 5.82 Å². The van der Waals surface area contributed by atoms with Gasteiger partial charge in [0, 0.05) is 55.0 Å². The zero-order valence-corrected chi connectivity index (χ0v) is 22.5. The zero-order chi connectivity index (χ0) is 27.4. The highest BCUT2D eigenvalue weighted by molar-refractivity contribution is 6.31. The van der Waals surface area contributed by atoms with Gasteiger partial charge in [-0.1, -0.05) is 29.8 Å². The molecule has 2 unspecified atom stereocenters. The van der Waals surface area contributed by atoms with E-state index in [1.165, 1.54) is 24.3 Å². The lowest BCUT2D eigenvalue weighted by molar-refractivity contribution is -0.139. The second-order valence-electron chi connectivity index (χ2n) is 9.32. The molecule has 2 heterocycles. The lowest BCUT2D eigenvalue weighted by atomic mass is 9.94. The normalized spacial score (nSPS) is 20.4. The van der Waals surface area contributed by atoms with Crippen molar-refractivity contribution in [3.05, 3.63) is 81.8 Å². The standard InChI is InChI=1S/C28H32ClFN4O4/c1-4-33-23(17-32-14-15-34(18(3)16-32)26(35)19-10-12-20(30)13-11-19)24(27(36)38-5-2)25(31-28(33)37)21-8-6-7-9-22(21)29/h6-13,18,25H,4-5,14-17H2,1-3H3,(H,31,37). The topological polar surface area (TPSA) is 82.2 Å². The fourth-order valence-electron chi connectivity index (χ4n) is 5.05. The minimum Gasteiger partial charge on any atom is -0.463 e. The molecule has 0 saturated carbocycles. The van der Waals surface area contributed by atoms with Crippen LogP contribution in [0.5, 0.6) is 0 Å². The predicted molar refractivity (Wildman–Crippen MR) is 142 cm³/mol. The maximum absolute atomic E-state index is 13.3. The molecule has 2 atom stereocenters. The number of likely N-dealkylation sites (N-methyl/N-ethyl adjacent to an activating group) is 1. The third-order valence-corrected chi connectivity index (χ3v) is 7.25. The Labute approximate surface area is 227 Å². The van der Waals surface area contributed by atoms with Gasteiger partial charge in [0.2, 0.25) is 0 Å². The molecular weight excluding hydrogens is 511 g/mol. The Morgan fingerprint density at radius 1 is 1.11 bits per heavy atom. The van der Waals surface area contributed by atoms with Gasteiger partial charge in [-0.2, -0.15) is 0 Å². The van der Waals surface area contributed by atoms with E-state index in [2.05, 4.69) is 10.2 Å². The minimum atomic E-state index is -0.758. The van der Waals surface area contributed by atoms with Gasteiger partial charge in [-0.15, -0.1) is 0 Å². The van der Waals surface area contributed by atoms with Crippen LogP contribution < -0.4 is 5.32 Å². The van der Waals surface area contributed by atoms with Crippen molar-refractivity contribution in [2.24, 2.45) is 0 Å². The fourth-order valence-corrected chi connectivity index (χ4v) is 5.29. The number of hydrogen-bond acceptors (Lipinski definition) is 5. The molecule has 0 bridgehead atoms. The van der Waals surface area contributed by atoms with E-state index in [0.29, 0.717) is 60.1 Å². The van der Waals surface area contributed by atoms with Crippen LogP contribution in [0.1, 0.15) is 42.7 Å². The molecule has 2 aromatic carbocycles. The Morgan fingerprint density at radius 2 is 1.82 bits per heavy atom. The van der Waals surface area contributed by atoms with Crippen molar-refractivity contribution in [2.75, 3.05) is 39.3 Å². The number of amides is 3. The number of hydrogen-bond donors (Lipinski definition) is 1. The molecule has 1 fully saturated rings. The lowest BCUT2D eigenvalue weighted by Gasteiger charge is -2.43. The van der Waals surface area contributed by atoms with E-state index in [-0.39, 0.29) is 24.6 Å². The van der Waals surface area contributed by atoms with Crippen molar-refractivity contribution in [1.82, 2.24) is 20.0 Å². The molecule has 0 aromatic heterocycles. The summed E-state index contributed by atoms with van der Waals surface area (Å²) in [5.41, 5.74) is 1.95. The number of rotatable bonds is 7. The van der Waals surface area contributed by atoms with Crippen LogP contribution in [0.3, 0.4) is 0 Å². The quantitative estimate of drug-likeness (QED) is 0.530. The molecular formula is C28H32ClFN4O4. The van der Waals surface area contributed by atoms with E-state index < -0.39 is 17.8 Å². The van der Waals surface area contributed by atoms with E-state index in [0.717, 1.165) is 0 Å². The van der Waals surface area contributed by atoms with E-state index in [9.17, 15) is 18.8 Å². The molecule has 0 radical (unpaired) electrons. The number of piperazine rings is 1. The molecule has 202 valence electrons. The van der Waals surface area contributed by atoms with Crippen LogP contribution in [0, 0.1) is 5.82 Å². The van der Waals surface area contributed by atoms with Crippen molar-refractivity contribution in [2.45, 2.75) is 32.9 Å². The number of nitrogens with one attached hydrogen (secondary N) is 1. The summed E-state index contributed by atoms with van der Waals surface area (Å²) in [6, 6.07) is 11.4. The predicted octanol–water partition coefficient (Wildman–Crippen LogP) is 4.23. The first-order valence-electron chi connectivity index (χ1n) is 12.8. The van der Waals surface area contributed by atoms with E-state index >= 15 is 0 Å². The molecule has 0 spiro atoms. The molecule has 1 saturated heterocycles. The Balaban J connectivity index is 1.63. The Kier molecular flexibility index (Phi) is 8.69. The number of carbonyl (C=O) groups is 3. The maximum Gasteiger partial charge on any atom is 0.338 e. The summed E-state index contributed by atoms with van der Waals surface area (Å²) in [5, 5.41) is 3.37. The van der Waals surface area contributed by atoms with Gasteiger partial charge in [0.05, 0.1) is 18.2 Å². The van der Waals surface area contributed by atoms with Crippen LogP contribution in [0.2, 0.25) is 5.02 Å². The van der Waals surface area contributed by atoms with Gasteiger partial charge in [-0.3, -0.25) is 14.6 Å². The Morgan fingerprint density at radius 3 is 2.45 bits per heavy atom. The van der Waals surface area contributed by atoms with E-state index in [4.69, 9.17) is 16.3 Å². The first kappa shape index (κ1) is 27.6. The highest BCUT2D eigenvalue weighted by Gasteiger charge is 2.40. The molecule has 1 N–H and O–H groups in total. The molecule has 2 aromatic rings. The monoisotopic (exact) mass is 542 g/mol. The van der Waals surface area contributed by atoms with E-state index in [1.54, 1.807) is 41.0 Å². The Hall–Kier alpha value is -3.43. The van der Waals surface area contributed by atoms with Crippen LogP contribution in [0.25, 0.3) is 0 Å². The number of ether oxygens (including phenoxy) is 1. The van der Waals surface area contributed by atoms with Gasteiger partial charge >= 0.3 is 12.0 Å². The first-order chi connectivity index (χ1) is 18.2. The van der Waals surface area contributed by atoms with Crippen LogP contribution in [-0.2, 0) is 9.53 Å². The Bertz CT molecular complexity index is 1240. The number of esters is 1. The van der Waals surface area contributed by atoms with E-state index in [1.807, 2.05) is 13.8 Å². The van der Waals surface area contributed by atoms with Crippen LogP contribution in [0.4, 0.5) is 9.18 Å². The van der Waals surface area contributed by atoms with Crippen molar-refractivity contribution < 1.29 is 23.5 Å². The van der Waals surface area contributed by atoms with Gasteiger partial charge in [0.15, 0.2) is 0 Å². The first-order valence-corrected chi connectivity index (χ1v) is 13.1. The molecule has 38 heavy (non-hydrogen) atoms. The van der Waals surface area contributed by atoms with Gasteiger partial charge < -0.3 is 15.0 Å². The number of carbonyl (C=O) groups excluding carboxylic acids is 3. The maximum atomic E-state index is 13.3. The fraction of sp³-hybridized carbons (Fsp3) is 0.393. The average molecular weight is 543 g/mol. The van der Waals surface area contributed by atoms with Crippen molar-refractivity contribution in [1.29, 1.82) is 0 Å². The molecule has 3 amide bonds. The molecule has 2 aliphatic heterocycles. The molecule has 2 aliphatic rings. The van der Waals surface area contributed by atoms with Crippen LogP contribution in [0.15, 0.2) is 59.8 Å². The molecule has 4 rings (SSSR count). The SMILES string of the molecule is CCOC(=O)C1=C(CN2CCN(C(=O)c3ccc(F)cc3)C(C)C2)N(CC)C(=O)NC1c1ccccc1Cl.